The SMILES string of the molecule is c1ccc(COCC(COCc2ccccc2)OCOC(COCc2ccccc2)COCc2ccccc2)cc1. The molecule has 6 heteroatoms. The molecule has 0 spiro atoms. The van der Waals surface area contributed by atoms with Crippen LogP contribution in [0.1, 0.15) is 22.3 Å². The number of ether oxygens (including phenoxy) is 6. The second-order valence-corrected chi connectivity index (χ2v) is 9.70. The molecule has 0 amide bonds. The lowest BCUT2D eigenvalue weighted by atomic mass is 10.2. The second kappa shape index (κ2) is 18.9. The minimum Gasteiger partial charge on any atom is -0.374 e. The Morgan fingerprint density at radius 1 is 0.341 bits per heavy atom. The zero-order valence-electron chi connectivity index (χ0n) is 23.5. The molecule has 4 aromatic carbocycles. The lowest BCUT2D eigenvalue weighted by molar-refractivity contribution is -0.171. The summed E-state index contributed by atoms with van der Waals surface area (Å²) in [7, 11) is 0. The molecular weight excluding hydrogens is 516 g/mol. The van der Waals surface area contributed by atoms with Gasteiger partial charge in [0.1, 0.15) is 19.0 Å². The van der Waals surface area contributed by atoms with E-state index in [-0.39, 0.29) is 19.0 Å². The average molecular weight is 557 g/mol. The molecule has 0 heterocycles. The molecule has 0 fully saturated rings. The van der Waals surface area contributed by atoms with Gasteiger partial charge >= 0.3 is 0 Å². The van der Waals surface area contributed by atoms with Gasteiger partial charge in [0.15, 0.2) is 0 Å². The van der Waals surface area contributed by atoms with Crippen LogP contribution in [-0.2, 0) is 54.8 Å². The van der Waals surface area contributed by atoms with Crippen LogP contribution in [0.5, 0.6) is 0 Å². The summed E-state index contributed by atoms with van der Waals surface area (Å²) >= 11 is 0. The summed E-state index contributed by atoms with van der Waals surface area (Å²) < 4.78 is 36.0. The van der Waals surface area contributed by atoms with Crippen LogP contribution in [0.15, 0.2) is 121 Å². The van der Waals surface area contributed by atoms with Crippen LogP contribution >= 0.6 is 0 Å². The highest BCUT2D eigenvalue weighted by molar-refractivity contribution is 5.15. The van der Waals surface area contributed by atoms with E-state index < -0.39 is 0 Å². The Balaban J connectivity index is 1.26. The van der Waals surface area contributed by atoms with E-state index in [9.17, 15) is 0 Å². The Labute approximate surface area is 243 Å². The maximum Gasteiger partial charge on any atom is 0.147 e. The van der Waals surface area contributed by atoms with Gasteiger partial charge in [-0.15, -0.1) is 0 Å². The van der Waals surface area contributed by atoms with Crippen molar-refractivity contribution in [1.82, 2.24) is 0 Å². The molecule has 0 aliphatic carbocycles. The first kappa shape index (κ1) is 30.6. The van der Waals surface area contributed by atoms with Crippen molar-refractivity contribution in [3.63, 3.8) is 0 Å². The molecule has 0 aliphatic heterocycles. The van der Waals surface area contributed by atoms with Gasteiger partial charge in [-0.1, -0.05) is 121 Å². The number of hydrogen-bond donors (Lipinski definition) is 0. The summed E-state index contributed by atoms with van der Waals surface area (Å²) in [5, 5.41) is 0. The molecule has 0 N–H and O–H groups in total. The molecule has 0 bridgehead atoms. The Kier molecular flexibility index (Phi) is 14.1. The zero-order valence-corrected chi connectivity index (χ0v) is 23.5. The van der Waals surface area contributed by atoms with Crippen LogP contribution in [0, 0.1) is 0 Å². The molecular formula is C35H40O6. The van der Waals surface area contributed by atoms with Gasteiger partial charge in [-0.3, -0.25) is 0 Å². The predicted octanol–water partition coefficient (Wildman–Crippen LogP) is 6.58. The van der Waals surface area contributed by atoms with Crippen molar-refractivity contribution in [2.75, 3.05) is 33.2 Å². The quantitative estimate of drug-likeness (QED) is 0.115. The summed E-state index contributed by atoms with van der Waals surface area (Å²) in [6.07, 6.45) is -0.586. The largest absolute Gasteiger partial charge is 0.374 e. The van der Waals surface area contributed by atoms with Crippen molar-refractivity contribution >= 4 is 0 Å². The van der Waals surface area contributed by atoms with E-state index in [1.165, 1.54) is 0 Å². The molecule has 0 saturated heterocycles. The lowest BCUT2D eigenvalue weighted by Crippen LogP contribution is -2.31. The third-order valence-electron chi connectivity index (χ3n) is 6.27. The van der Waals surface area contributed by atoms with Crippen LogP contribution in [0.25, 0.3) is 0 Å². The zero-order chi connectivity index (χ0) is 28.2. The third-order valence-corrected chi connectivity index (χ3v) is 6.27. The maximum atomic E-state index is 6.09. The predicted molar refractivity (Wildman–Crippen MR) is 159 cm³/mol. The van der Waals surface area contributed by atoms with E-state index in [0.29, 0.717) is 52.9 Å². The minimum absolute atomic E-state index is 0.0715. The van der Waals surface area contributed by atoms with E-state index in [0.717, 1.165) is 22.3 Å². The van der Waals surface area contributed by atoms with Crippen LogP contribution in [0.4, 0.5) is 0 Å². The maximum absolute atomic E-state index is 6.09. The van der Waals surface area contributed by atoms with E-state index in [4.69, 9.17) is 28.4 Å². The summed E-state index contributed by atoms with van der Waals surface area (Å²) in [5.41, 5.74) is 4.44. The molecule has 0 atom stereocenters. The minimum atomic E-state index is -0.293. The van der Waals surface area contributed by atoms with Crippen molar-refractivity contribution in [2.24, 2.45) is 0 Å². The fourth-order valence-corrected chi connectivity index (χ4v) is 4.05. The Hall–Kier alpha value is -3.36. The molecule has 216 valence electrons. The first-order chi connectivity index (χ1) is 20.3. The van der Waals surface area contributed by atoms with Crippen molar-refractivity contribution in [1.29, 1.82) is 0 Å². The van der Waals surface area contributed by atoms with Crippen LogP contribution in [0.2, 0.25) is 0 Å². The van der Waals surface area contributed by atoms with Gasteiger partial charge in [0.25, 0.3) is 0 Å². The summed E-state index contributed by atoms with van der Waals surface area (Å²) in [6, 6.07) is 40.3. The van der Waals surface area contributed by atoms with Gasteiger partial charge in [-0.2, -0.15) is 0 Å². The van der Waals surface area contributed by atoms with Crippen LogP contribution in [0.3, 0.4) is 0 Å². The monoisotopic (exact) mass is 556 g/mol. The highest BCUT2D eigenvalue weighted by Gasteiger charge is 2.15. The molecule has 4 rings (SSSR count). The van der Waals surface area contributed by atoms with E-state index in [1.807, 2.05) is 121 Å². The second-order valence-electron chi connectivity index (χ2n) is 9.70. The van der Waals surface area contributed by atoms with Crippen molar-refractivity contribution < 1.29 is 28.4 Å². The molecule has 4 aromatic rings. The lowest BCUT2D eigenvalue weighted by Gasteiger charge is -2.22. The molecule has 0 aromatic heterocycles. The molecule has 41 heavy (non-hydrogen) atoms. The fraction of sp³-hybridized carbons (Fsp3) is 0.314. The summed E-state index contributed by atoms with van der Waals surface area (Å²) in [5.74, 6) is 0. The molecule has 6 nitrogen and oxygen atoms in total. The van der Waals surface area contributed by atoms with Gasteiger partial charge < -0.3 is 28.4 Å². The average Bonchev–Trinajstić information content (AvgIpc) is 3.03. The fourth-order valence-electron chi connectivity index (χ4n) is 4.05. The Morgan fingerprint density at radius 3 is 0.829 bits per heavy atom. The van der Waals surface area contributed by atoms with Crippen LogP contribution in [-0.4, -0.2) is 45.4 Å². The Bertz CT molecular complexity index is 988. The standard InChI is InChI=1S/C35H40O6/c1-5-13-30(14-6-1)21-36-25-34(26-37-22-31-15-7-2-8-16-31)40-29-41-35(27-38-23-32-17-9-3-10-18-32)28-39-24-33-19-11-4-12-20-33/h1-20,34-35H,21-29H2. The molecule has 0 aliphatic rings. The summed E-state index contributed by atoms with van der Waals surface area (Å²) in [4.78, 5) is 0. The number of hydrogen-bond acceptors (Lipinski definition) is 6. The van der Waals surface area contributed by atoms with Crippen molar-refractivity contribution in [3.8, 4) is 0 Å². The van der Waals surface area contributed by atoms with Gasteiger partial charge in [0.2, 0.25) is 0 Å². The third kappa shape index (κ3) is 12.8. The highest BCUT2D eigenvalue weighted by Crippen LogP contribution is 2.09. The molecule has 0 saturated carbocycles. The van der Waals surface area contributed by atoms with Gasteiger partial charge in [-0.05, 0) is 22.3 Å². The van der Waals surface area contributed by atoms with Gasteiger partial charge in [-0.25, -0.2) is 0 Å². The topological polar surface area (TPSA) is 55.4 Å². The Morgan fingerprint density at radius 2 is 0.585 bits per heavy atom. The first-order valence-corrected chi connectivity index (χ1v) is 14.0. The first-order valence-electron chi connectivity index (χ1n) is 14.0. The summed E-state index contributed by atoms with van der Waals surface area (Å²) in [6.45, 7) is 3.61. The van der Waals surface area contributed by atoms with E-state index >= 15 is 0 Å². The van der Waals surface area contributed by atoms with Crippen molar-refractivity contribution in [2.45, 2.75) is 38.6 Å². The van der Waals surface area contributed by atoms with Crippen molar-refractivity contribution in [3.05, 3.63) is 144 Å². The molecule has 0 radical (unpaired) electrons. The molecule has 0 unspecified atom stereocenters. The van der Waals surface area contributed by atoms with E-state index in [2.05, 4.69) is 0 Å². The number of rotatable bonds is 20. The van der Waals surface area contributed by atoms with Gasteiger partial charge in [0.05, 0.1) is 52.9 Å². The van der Waals surface area contributed by atoms with Crippen LogP contribution < -0.4 is 0 Å². The normalized spacial score (nSPS) is 11.4. The highest BCUT2D eigenvalue weighted by atomic mass is 16.7. The van der Waals surface area contributed by atoms with Gasteiger partial charge in [0, 0.05) is 0 Å². The smallest absolute Gasteiger partial charge is 0.147 e. The van der Waals surface area contributed by atoms with E-state index in [1.54, 1.807) is 0 Å². The number of benzene rings is 4.